The van der Waals surface area contributed by atoms with Gasteiger partial charge in [-0.05, 0) is 46.5 Å². The maximum absolute atomic E-state index is 9.10. The summed E-state index contributed by atoms with van der Waals surface area (Å²) in [6, 6.07) is 6.81. The van der Waals surface area contributed by atoms with E-state index in [0.717, 1.165) is 16.8 Å². The van der Waals surface area contributed by atoms with E-state index in [4.69, 9.17) is 24.5 Å². The SMILES string of the molecule is CCC(CC)NCc1ccc(OC)c(Br)c1.O=C(O)C(=O)O. The van der Waals surface area contributed by atoms with Crippen molar-refractivity contribution < 1.29 is 24.5 Å². The first-order valence-electron chi connectivity index (χ1n) is 6.87. The summed E-state index contributed by atoms with van der Waals surface area (Å²) < 4.78 is 6.21. The molecule has 0 saturated heterocycles. The van der Waals surface area contributed by atoms with Crippen LogP contribution in [-0.4, -0.2) is 35.3 Å². The highest BCUT2D eigenvalue weighted by atomic mass is 79.9. The summed E-state index contributed by atoms with van der Waals surface area (Å²) in [6.45, 7) is 5.34. The van der Waals surface area contributed by atoms with Gasteiger partial charge in [-0.1, -0.05) is 19.9 Å². The van der Waals surface area contributed by atoms with Crippen LogP contribution < -0.4 is 10.1 Å². The molecule has 6 nitrogen and oxygen atoms in total. The standard InChI is InChI=1S/C13H20BrNO.C2H2O4/c1-4-11(5-2)15-9-10-6-7-13(16-3)12(14)8-10;3-1(4)2(5)6/h6-8,11,15H,4-5,9H2,1-3H3;(H,3,4)(H,5,6). The predicted octanol–water partition coefficient (Wildman–Crippen LogP) is 2.89. The fourth-order valence-electron chi connectivity index (χ4n) is 1.66. The lowest BCUT2D eigenvalue weighted by Crippen LogP contribution is -2.26. The molecular formula is C15H22BrNO5. The number of halogens is 1. The zero-order valence-electron chi connectivity index (χ0n) is 12.9. The van der Waals surface area contributed by atoms with E-state index < -0.39 is 11.9 Å². The van der Waals surface area contributed by atoms with Gasteiger partial charge in [-0.2, -0.15) is 0 Å². The van der Waals surface area contributed by atoms with E-state index in [2.05, 4.69) is 47.2 Å². The van der Waals surface area contributed by atoms with Gasteiger partial charge in [-0.25, -0.2) is 9.59 Å². The molecule has 1 aromatic carbocycles. The number of nitrogens with one attached hydrogen (secondary N) is 1. The highest BCUT2D eigenvalue weighted by molar-refractivity contribution is 9.10. The van der Waals surface area contributed by atoms with Crippen molar-refractivity contribution in [3.8, 4) is 5.75 Å². The summed E-state index contributed by atoms with van der Waals surface area (Å²) in [5, 5.41) is 18.3. The molecule has 0 unspecified atom stereocenters. The number of rotatable bonds is 6. The summed E-state index contributed by atoms with van der Waals surface area (Å²) >= 11 is 3.50. The van der Waals surface area contributed by atoms with Crippen molar-refractivity contribution in [2.75, 3.05) is 7.11 Å². The minimum atomic E-state index is -1.82. The Bertz CT molecular complexity index is 477. The normalized spacial score (nSPS) is 9.86. The van der Waals surface area contributed by atoms with Gasteiger partial charge < -0.3 is 20.3 Å². The monoisotopic (exact) mass is 375 g/mol. The average Bonchev–Trinajstić information content (AvgIpc) is 2.49. The molecule has 0 amide bonds. The van der Waals surface area contributed by atoms with Crippen LogP contribution in [0.4, 0.5) is 0 Å². The van der Waals surface area contributed by atoms with Crippen LogP contribution in [0.15, 0.2) is 22.7 Å². The molecule has 22 heavy (non-hydrogen) atoms. The van der Waals surface area contributed by atoms with Crippen molar-refractivity contribution in [3.05, 3.63) is 28.2 Å². The van der Waals surface area contributed by atoms with Crippen LogP contribution in [-0.2, 0) is 16.1 Å². The molecule has 3 N–H and O–H groups in total. The molecule has 1 rings (SSSR count). The van der Waals surface area contributed by atoms with Crippen molar-refractivity contribution in [3.63, 3.8) is 0 Å². The molecule has 0 atom stereocenters. The molecule has 0 spiro atoms. The second-order valence-electron chi connectivity index (χ2n) is 4.47. The fraction of sp³-hybridized carbons (Fsp3) is 0.467. The molecule has 0 aliphatic carbocycles. The molecule has 0 aromatic heterocycles. The van der Waals surface area contributed by atoms with E-state index in [1.807, 2.05) is 6.07 Å². The van der Waals surface area contributed by atoms with Crippen LogP contribution in [0.5, 0.6) is 5.75 Å². The Kier molecular flexibility index (Phi) is 10.2. The van der Waals surface area contributed by atoms with Crippen molar-refractivity contribution in [1.82, 2.24) is 5.32 Å². The third kappa shape index (κ3) is 7.99. The molecular weight excluding hydrogens is 354 g/mol. The van der Waals surface area contributed by atoms with Gasteiger partial charge in [0.2, 0.25) is 0 Å². The number of carboxylic acid groups (broad SMARTS) is 2. The van der Waals surface area contributed by atoms with Crippen LogP contribution in [0, 0.1) is 0 Å². The Morgan fingerprint density at radius 3 is 2.14 bits per heavy atom. The lowest BCUT2D eigenvalue weighted by Gasteiger charge is -2.15. The van der Waals surface area contributed by atoms with Gasteiger partial charge in [0.1, 0.15) is 5.75 Å². The van der Waals surface area contributed by atoms with Crippen LogP contribution >= 0.6 is 15.9 Å². The molecule has 0 heterocycles. The third-order valence-electron chi connectivity index (χ3n) is 2.98. The van der Waals surface area contributed by atoms with Crippen LogP contribution in [0.3, 0.4) is 0 Å². The molecule has 1 aromatic rings. The fourth-order valence-corrected chi connectivity index (χ4v) is 2.25. The Morgan fingerprint density at radius 1 is 1.23 bits per heavy atom. The van der Waals surface area contributed by atoms with Crippen molar-refractivity contribution >= 4 is 27.9 Å². The summed E-state index contributed by atoms with van der Waals surface area (Å²) in [7, 11) is 1.68. The minimum Gasteiger partial charge on any atom is -0.496 e. The summed E-state index contributed by atoms with van der Waals surface area (Å²) in [5.74, 6) is -2.77. The number of carboxylic acids is 2. The molecule has 7 heteroatoms. The first-order chi connectivity index (χ1) is 10.3. The molecule has 0 bridgehead atoms. The number of benzene rings is 1. The number of carbonyl (C=O) groups is 2. The van der Waals surface area contributed by atoms with E-state index in [1.165, 1.54) is 18.4 Å². The van der Waals surface area contributed by atoms with Gasteiger partial charge in [-0.15, -0.1) is 0 Å². The van der Waals surface area contributed by atoms with Gasteiger partial charge in [-0.3, -0.25) is 0 Å². The predicted molar refractivity (Wildman–Crippen MR) is 87.2 cm³/mol. The maximum Gasteiger partial charge on any atom is 0.414 e. The highest BCUT2D eigenvalue weighted by Gasteiger charge is 2.05. The first kappa shape index (κ1) is 20.4. The highest BCUT2D eigenvalue weighted by Crippen LogP contribution is 2.25. The van der Waals surface area contributed by atoms with Crippen LogP contribution in [0.2, 0.25) is 0 Å². The van der Waals surface area contributed by atoms with Gasteiger partial charge >= 0.3 is 11.9 Å². The van der Waals surface area contributed by atoms with Gasteiger partial charge in [0, 0.05) is 12.6 Å². The average molecular weight is 376 g/mol. The Labute approximate surface area is 138 Å². The van der Waals surface area contributed by atoms with Crippen molar-refractivity contribution in [1.29, 1.82) is 0 Å². The summed E-state index contributed by atoms with van der Waals surface area (Å²) in [5.41, 5.74) is 1.28. The van der Waals surface area contributed by atoms with Gasteiger partial charge in [0.15, 0.2) is 0 Å². The quantitative estimate of drug-likeness (QED) is 0.661. The molecule has 0 aliphatic heterocycles. The molecule has 0 saturated carbocycles. The van der Waals surface area contributed by atoms with Crippen molar-refractivity contribution in [2.45, 2.75) is 39.3 Å². The number of hydrogen-bond acceptors (Lipinski definition) is 4. The minimum absolute atomic E-state index is 0.612. The second-order valence-corrected chi connectivity index (χ2v) is 5.33. The van der Waals surface area contributed by atoms with Gasteiger partial charge in [0.25, 0.3) is 0 Å². The van der Waals surface area contributed by atoms with Crippen LogP contribution in [0.1, 0.15) is 32.3 Å². The number of aliphatic carboxylic acids is 2. The Hall–Kier alpha value is -1.60. The summed E-state index contributed by atoms with van der Waals surface area (Å²) in [6.07, 6.45) is 2.35. The van der Waals surface area contributed by atoms with E-state index in [0.29, 0.717) is 6.04 Å². The number of methoxy groups -OCH3 is 1. The Morgan fingerprint density at radius 2 is 1.77 bits per heavy atom. The van der Waals surface area contributed by atoms with E-state index >= 15 is 0 Å². The third-order valence-corrected chi connectivity index (χ3v) is 3.60. The second kappa shape index (κ2) is 11.0. The number of ether oxygens (including phenoxy) is 1. The smallest absolute Gasteiger partial charge is 0.414 e. The van der Waals surface area contributed by atoms with E-state index in [9.17, 15) is 0 Å². The maximum atomic E-state index is 9.10. The zero-order valence-corrected chi connectivity index (χ0v) is 14.5. The zero-order chi connectivity index (χ0) is 17.1. The topological polar surface area (TPSA) is 95.9 Å². The number of hydrogen-bond donors (Lipinski definition) is 3. The molecule has 0 radical (unpaired) electrons. The van der Waals surface area contributed by atoms with Gasteiger partial charge in [0.05, 0.1) is 11.6 Å². The van der Waals surface area contributed by atoms with E-state index in [1.54, 1.807) is 7.11 Å². The van der Waals surface area contributed by atoms with Crippen LogP contribution in [0.25, 0.3) is 0 Å². The largest absolute Gasteiger partial charge is 0.496 e. The lowest BCUT2D eigenvalue weighted by atomic mass is 10.1. The van der Waals surface area contributed by atoms with E-state index in [-0.39, 0.29) is 0 Å². The first-order valence-corrected chi connectivity index (χ1v) is 7.66. The molecule has 0 fully saturated rings. The molecule has 0 aliphatic rings. The molecule has 124 valence electrons. The summed E-state index contributed by atoms with van der Waals surface area (Å²) in [4.78, 5) is 18.2. The lowest BCUT2D eigenvalue weighted by molar-refractivity contribution is -0.159. The Balaban J connectivity index is 0.000000626. The van der Waals surface area contributed by atoms with Crippen molar-refractivity contribution in [2.24, 2.45) is 0 Å².